The fourth-order valence-corrected chi connectivity index (χ4v) is 4.04. The van der Waals surface area contributed by atoms with Crippen molar-refractivity contribution in [3.8, 4) is 11.1 Å². The molecule has 0 atom stereocenters. The number of amides is 1. The topological polar surface area (TPSA) is 66.4 Å². The fraction of sp³-hybridized carbons (Fsp3) is 0.263. The van der Waals surface area contributed by atoms with Gasteiger partial charge >= 0.3 is 5.97 Å². The third kappa shape index (κ3) is 3.46. The van der Waals surface area contributed by atoms with E-state index in [1.165, 1.54) is 0 Å². The summed E-state index contributed by atoms with van der Waals surface area (Å²) in [6, 6.07) is 17.2. The Balaban J connectivity index is 1.76. The molecular formula is C19H19NO3S. The highest BCUT2D eigenvalue weighted by molar-refractivity contribution is 7.99. The van der Waals surface area contributed by atoms with Gasteiger partial charge in [-0.25, -0.2) is 4.79 Å². The minimum Gasteiger partial charge on any atom is -0.480 e. The van der Waals surface area contributed by atoms with Gasteiger partial charge in [0, 0.05) is 5.56 Å². The second kappa shape index (κ2) is 7.09. The van der Waals surface area contributed by atoms with Crippen molar-refractivity contribution in [3.05, 3.63) is 60.2 Å². The van der Waals surface area contributed by atoms with Gasteiger partial charge in [-0.15, -0.1) is 0 Å². The van der Waals surface area contributed by atoms with E-state index >= 15 is 0 Å². The van der Waals surface area contributed by atoms with Gasteiger partial charge in [0.1, 0.15) is 5.54 Å². The molecule has 2 aromatic rings. The Morgan fingerprint density at radius 1 is 0.917 bits per heavy atom. The van der Waals surface area contributed by atoms with Gasteiger partial charge in [-0.3, -0.25) is 4.79 Å². The highest BCUT2D eigenvalue weighted by atomic mass is 32.2. The largest absolute Gasteiger partial charge is 0.480 e. The first-order valence-electron chi connectivity index (χ1n) is 7.90. The number of benzene rings is 2. The van der Waals surface area contributed by atoms with Crippen molar-refractivity contribution in [2.45, 2.75) is 18.4 Å². The molecule has 5 heteroatoms. The number of aliphatic carboxylic acids is 1. The van der Waals surface area contributed by atoms with Gasteiger partial charge < -0.3 is 10.4 Å². The van der Waals surface area contributed by atoms with E-state index in [1.807, 2.05) is 42.5 Å². The second-order valence-corrected chi connectivity index (χ2v) is 7.12. The minimum absolute atomic E-state index is 0.330. The Morgan fingerprint density at radius 3 is 2.08 bits per heavy atom. The number of rotatable bonds is 4. The molecular weight excluding hydrogens is 322 g/mol. The maximum atomic E-state index is 12.5. The van der Waals surface area contributed by atoms with Gasteiger partial charge in [-0.1, -0.05) is 42.5 Å². The van der Waals surface area contributed by atoms with E-state index in [9.17, 15) is 14.7 Å². The first kappa shape index (κ1) is 16.6. The zero-order valence-electron chi connectivity index (χ0n) is 13.2. The summed E-state index contributed by atoms with van der Waals surface area (Å²) >= 11 is 1.72. The van der Waals surface area contributed by atoms with Crippen LogP contribution in [-0.4, -0.2) is 34.0 Å². The molecule has 1 aliphatic heterocycles. The van der Waals surface area contributed by atoms with E-state index in [2.05, 4.69) is 5.32 Å². The average Bonchev–Trinajstić information content (AvgIpc) is 2.63. The third-order valence-electron chi connectivity index (χ3n) is 4.36. The molecule has 1 heterocycles. The molecule has 3 rings (SSSR count). The van der Waals surface area contributed by atoms with Crippen LogP contribution in [0.3, 0.4) is 0 Å². The Bertz CT molecular complexity index is 722. The highest BCUT2D eigenvalue weighted by Gasteiger charge is 2.41. The van der Waals surface area contributed by atoms with Gasteiger partial charge in [0.25, 0.3) is 5.91 Å². The molecule has 1 fully saturated rings. The van der Waals surface area contributed by atoms with E-state index in [0.717, 1.165) is 22.6 Å². The van der Waals surface area contributed by atoms with Crippen LogP contribution in [-0.2, 0) is 4.79 Å². The van der Waals surface area contributed by atoms with Crippen LogP contribution in [0.1, 0.15) is 23.2 Å². The van der Waals surface area contributed by atoms with Crippen LogP contribution in [0.15, 0.2) is 54.6 Å². The highest BCUT2D eigenvalue weighted by Crippen LogP contribution is 2.28. The third-order valence-corrected chi connectivity index (χ3v) is 5.35. The standard InChI is InChI=1S/C19H19NO3S/c21-17(20-19(18(22)23)10-12-24-13-11-19)16-8-6-15(7-9-16)14-4-2-1-3-5-14/h1-9H,10-13H2,(H,20,21)(H,22,23). The molecule has 1 aliphatic rings. The van der Waals surface area contributed by atoms with Crippen LogP contribution in [0.2, 0.25) is 0 Å². The van der Waals surface area contributed by atoms with E-state index < -0.39 is 11.5 Å². The molecule has 24 heavy (non-hydrogen) atoms. The average molecular weight is 341 g/mol. The lowest BCUT2D eigenvalue weighted by molar-refractivity contribution is -0.144. The number of thioether (sulfide) groups is 1. The predicted octanol–water partition coefficient (Wildman–Crippen LogP) is 3.43. The van der Waals surface area contributed by atoms with Crippen molar-refractivity contribution in [1.82, 2.24) is 5.32 Å². The molecule has 0 unspecified atom stereocenters. The van der Waals surface area contributed by atoms with E-state index in [1.54, 1.807) is 23.9 Å². The van der Waals surface area contributed by atoms with E-state index in [4.69, 9.17) is 0 Å². The predicted molar refractivity (Wildman–Crippen MR) is 96.3 cm³/mol. The summed E-state index contributed by atoms with van der Waals surface area (Å²) in [4.78, 5) is 24.1. The summed E-state index contributed by atoms with van der Waals surface area (Å²) in [6.07, 6.45) is 0.918. The van der Waals surface area contributed by atoms with E-state index in [0.29, 0.717) is 18.4 Å². The van der Waals surface area contributed by atoms with Gasteiger partial charge in [0.05, 0.1) is 0 Å². The Labute approximate surface area is 145 Å². The number of hydrogen-bond donors (Lipinski definition) is 2. The number of carboxylic acid groups (broad SMARTS) is 1. The first-order valence-corrected chi connectivity index (χ1v) is 9.05. The molecule has 0 radical (unpaired) electrons. The van der Waals surface area contributed by atoms with Crippen LogP contribution in [0.25, 0.3) is 11.1 Å². The molecule has 124 valence electrons. The van der Waals surface area contributed by atoms with Crippen molar-refractivity contribution in [2.75, 3.05) is 11.5 Å². The summed E-state index contributed by atoms with van der Waals surface area (Å²) in [5.74, 6) is 0.222. The lowest BCUT2D eigenvalue weighted by atomic mass is 9.91. The fourth-order valence-electron chi connectivity index (χ4n) is 2.85. The molecule has 2 aromatic carbocycles. The SMILES string of the molecule is O=C(NC1(C(=O)O)CCSCC1)c1ccc(-c2ccccc2)cc1. The molecule has 1 amide bonds. The molecule has 0 bridgehead atoms. The molecule has 1 saturated heterocycles. The van der Waals surface area contributed by atoms with Crippen molar-refractivity contribution in [2.24, 2.45) is 0 Å². The van der Waals surface area contributed by atoms with Crippen molar-refractivity contribution in [3.63, 3.8) is 0 Å². The van der Waals surface area contributed by atoms with Crippen LogP contribution < -0.4 is 5.32 Å². The van der Waals surface area contributed by atoms with Crippen LogP contribution in [0.4, 0.5) is 0 Å². The van der Waals surface area contributed by atoms with Gasteiger partial charge in [0.15, 0.2) is 0 Å². The summed E-state index contributed by atoms with van der Waals surface area (Å²) in [5, 5.41) is 12.3. The molecule has 0 aromatic heterocycles. The molecule has 0 saturated carbocycles. The van der Waals surface area contributed by atoms with Gasteiger partial charge in [-0.2, -0.15) is 11.8 Å². The van der Waals surface area contributed by atoms with Gasteiger partial charge in [-0.05, 0) is 47.6 Å². The number of carboxylic acids is 1. The van der Waals surface area contributed by atoms with Crippen LogP contribution >= 0.6 is 11.8 Å². The number of carbonyl (C=O) groups is 2. The normalized spacial score (nSPS) is 16.3. The molecule has 0 spiro atoms. The Kier molecular flexibility index (Phi) is 4.90. The lowest BCUT2D eigenvalue weighted by Crippen LogP contribution is -2.56. The molecule has 0 aliphatic carbocycles. The van der Waals surface area contributed by atoms with Crippen molar-refractivity contribution >= 4 is 23.6 Å². The maximum Gasteiger partial charge on any atom is 0.329 e. The van der Waals surface area contributed by atoms with Crippen molar-refractivity contribution in [1.29, 1.82) is 0 Å². The summed E-state index contributed by atoms with van der Waals surface area (Å²) in [5.41, 5.74) is 1.44. The summed E-state index contributed by atoms with van der Waals surface area (Å²) in [6.45, 7) is 0. The monoisotopic (exact) mass is 341 g/mol. The molecule has 2 N–H and O–H groups in total. The number of nitrogens with one attached hydrogen (secondary N) is 1. The zero-order valence-corrected chi connectivity index (χ0v) is 14.0. The lowest BCUT2D eigenvalue weighted by Gasteiger charge is -2.33. The number of carbonyl (C=O) groups excluding carboxylic acids is 1. The summed E-state index contributed by atoms with van der Waals surface area (Å²) in [7, 11) is 0. The Hall–Kier alpha value is -2.27. The minimum atomic E-state index is -1.14. The maximum absolute atomic E-state index is 12.5. The van der Waals surface area contributed by atoms with Crippen molar-refractivity contribution < 1.29 is 14.7 Å². The van der Waals surface area contributed by atoms with Crippen LogP contribution in [0.5, 0.6) is 0 Å². The quantitative estimate of drug-likeness (QED) is 0.894. The van der Waals surface area contributed by atoms with E-state index in [-0.39, 0.29) is 5.91 Å². The number of hydrogen-bond acceptors (Lipinski definition) is 3. The smallest absolute Gasteiger partial charge is 0.329 e. The Morgan fingerprint density at radius 2 is 1.50 bits per heavy atom. The first-order chi connectivity index (χ1) is 11.6. The second-order valence-electron chi connectivity index (χ2n) is 5.90. The molecule has 4 nitrogen and oxygen atoms in total. The van der Waals surface area contributed by atoms with Gasteiger partial charge in [0.2, 0.25) is 0 Å². The summed E-state index contributed by atoms with van der Waals surface area (Å²) < 4.78 is 0. The van der Waals surface area contributed by atoms with Crippen LogP contribution in [0, 0.1) is 0 Å². The zero-order chi connectivity index (χ0) is 17.0.